The van der Waals surface area contributed by atoms with E-state index >= 15 is 0 Å². The molecule has 0 radical (unpaired) electrons. The smallest absolute Gasteiger partial charge is 0.252 e. The van der Waals surface area contributed by atoms with E-state index in [1.54, 1.807) is 19.1 Å². The quantitative estimate of drug-likeness (QED) is 0.399. The third-order valence-corrected chi connectivity index (χ3v) is 6.64. The summed E-state index contributed by atoms with van der Waals surface area (Å²) >= 11 is 5.73. The second-order valence-electron chi connectivity index (χ2n) is 8.60. The number of carbonyl (C=O) groups excluding carboxylic acids is 2. The van der Waals surface area contributed by atoms with Crippen molar-refractivity contribution in [2.75, 3.05) is 26.1 Å². The van der Waals surface area contributed by atoms with Crippen molar-refractivity contribution in [3.63, 3.8) is 0 Å². The van der Waals surface area contributed by atoms with Gasteiger partial charge in [-0.15, -0.1) is 0 Å². The van der Waals surface area contributed by atoms with Gasteiger partial charge in [0.05, 0.1) is 27.2 Å². The molecule has 1 saturated heterocycles. The minimum atomic E-state index is -0.753. The van der Waals surface area contributed by atoms with Crippen LogP contribution in [-0.4, -0.2) is 53.5 Å². The van der Waals surface area contributed by atoms with Gasteiger partial charge in [-0.25, -0.2) is 4.39 Å². The van der Waals surface area contributed by atoms with Crippen molar-refractivity contribution in [3.8, 4) is 11.5 Å². The Labute approximate surface area is 220 Å². The molecule has 1 fully saturated rings. The van der Waals surface area contributed by atoms with Crippen LogP contribution in [0.25, 0.3) is 0 Å². The van der Waals surface area contributed by atoms with E-state index in [0.29, 0.717) is 41.8 Å². The Morgan fingerprint density at radius 1 is 0.973 bits per heavy atom. The summed E-state index contributed by atoms with van der Waals surface area (Å²) in [5.41, 5.74) is 2.37. The molecular formula is C28H28FN3O4S. The molecule has 2 amide bonds. The molecule has 9 heteroatoms. The van der Waals surface area contributed by atoms with Crippen molar-refractivity contribution in [2.24, 2.45) is 0 Å². The van der Waals surface area contributed by atoms with Gasteiger partial charge in [0.1, 0.15) is 11.9 Å². The Balaban J connectivity index is 1.52. The fourth-order valence-corrected chi connectivity index (χ4v) is 4.64. The Kier molecular flexibility index (Phi) is 8.35. The summed E-state index contributed by atoms with van der Waals surface area (Å²) in [5.74, 6) is 0.261. The zero-order valence-electron chi connectivity index (χ0n) is 20.6. The molecule has 7 nitrogen and oxygen atoms in total. The lowest BCUT2D eigenvalue weighted by atomic mass is 10.1. The summed E-state index contributed by atoms with van der Waals surface area (Å²) in [4.78, 5) is 29.7. The summed E-state index contributed by atoms with van der Waals surface area (Å²) < 4.78 is 24.0. The molecule has 0 saturated carbocycles. The van der Waals surface area contributed by atoms with Crippen molar-refractivity contribution < 1.29 is 23.5 Å². The fraction of sp³-hybridized carbons (Fsp3) is 0.250. The normalized spacial score (nSPS) is 15.2. The number of hydrogen-bond donors (Lipinski definition) is 1. The Morgan fingerprint density at radius 2 is 1.68 bits per heavy atom. The summed E-state index contributed by atoms with van der Waals surface area (Å²) in [6, 6.07) is 20.0. The van der Waals surface area contributed by atoms with Crippen molar-refractivity contribution in [3.05, 3.63) is 89.7 Å². The average molecular weight is 522 g/mol. The van der Waals surface area contributed by atoms with Crippen LogP contribution in [-0.2, 0) is 22.6 Å². The zero-order valence-corrected chi connectivity index (χ0v) is 21.5. The molecule has 1 aliphatic rings. The van der Waals surface area contributed by atoms with Gasteiger partial charge in [0.2, 0.25) is 5.91 Å². The highest BCUT2D eigenvalue weighted by atomic mass is 32.1. The monoisotopic (exact) mass is 521 g/mol. The number of thiocarbonyl (C=S) groups is 1. The molecule has 0 bridgehead atoms. The highest BCUT2D eigenvalue weighted by molar-refractivity contribution is 7.80. The summed E-state index contributed by atoms with van der Waals surface area (Å²) in [6.45, 7) is 0.751. The molecule has 0 aliphatic carbocycles. The predicted molar refractivity (Wildman–Crippen MR) is 143 cm³/mol. The number of benzene rings is 3. The molecule has 1 unspecified atom stereocenters. The molecule has 1 heterocycles. The lowest BCUT2D eigenvalue weighted by Gasteiger charge is -2.24. The zero-order chi connectivity index (χ0) is 26.4. The number of nitrogens with zero attached hydrogens (tertiary/aromatic N) is 2. The van der Waals surface area contributed by atoms with E-state index in [-0.39, 0.29) is 18.2 Å². The fourth-order valence-electron chi connectivity index (χ4n) is 4.26. The van der Waals surface area contributed by atoms with Gasteiger partial charge in [0, 0.05) is 12.2 Å². The first-order chi connectivity index (χ1) is 17.9. The van der Waals surface area contributed by atoms with E-state index < -0.39 is 11.9 Å². The molecule has 0 spiro atoms. The van der Waals surface area contributed by atoms with Crippen LogP contribution in [0.5, 0.6) is 11.5 Å². The van der Waals surface area contributed by atoms with Crippen LogP contribution >= 0.6 is 12.2 Å². The number of amides is 2. The van der Waals surface area contributed by atoms with Crippen molar-refractivity contribution in [1.29, 1.82) is 0 Å². The van der Waals surface area contributed by atoms with E-state index in [0.717, 1.165) is 11.1 Å². The van der Waals surface area contributed by atoms with E-state index in [4.69, 9.17) is 21.7 Å². The Hall–Kier alpha value is -3.98. The third kappa shape index (κ3) is 6.24. The van der Waals surface area contributed by atoms with E-state index in [1.165, 1.54) is 24.3 Å². The van der Waals surface area contributed by atoms with Crippen LogP contribution in [0.2, 0.25) is 0 Å². The summed E-state index contributed by atoms with van der Waals surface area (Å²) in [7, 11) is 3.15. The first-order valence-corrected chi connectivity index (χ1v) is 12.2. The maximum absolute atomic E-state index is 13.5. The number of rotatable bonds is 10. The van der Waals surface area contributed by atoms with Gasteiger partial charge < -0.3 is 19.7 Å². The van der Waals surface area contributed by atoms with Gasteiger partial charge in [0.15, 0.2) is 16.6 Å². The Bertz CT molecular complexity index is 1270. The van der Waals surface area contributed by atoms with Gasteiger partial charge in [-0.05, 0) is 66.2 Å². The molecule has 3 aromatic rings. The lowest BCUT2D eigenvalue weighted by Crippen LogP contribution is -2.39. The second-order valence-corrected chi connectivity index (χ2v) is 8.97. The SMILES string of the molecule is COc1ccc(CCN2C(=S)N(Cc3ccccc3)C(=O)C2CC(=O)Nc2ccc(F)cc2)cc1OC. The lowest BCUT2D eigenvalue weighted by molar-refractivity contribution is -0.131. The van der Waals surface area contributed by atoms with Crippen molar-refractivity contribution in [1.82, 2.24) is 9.80 Å². The number of methoxy groups -OCH3 is 2. The van der Waals surface area contributed by atoms with Gasteiger partial charge in [0.25, 0.3) is 5.91 Å². The number of nitrogens with one attached hydrogen (secondary N) is 1. The van der Waals surface area contributed by atoms with Crippen LogP contribution in [0.4, 0.5) is 10.1 Å². The van der Waals surface area contributed by atoms with Crippen LogP contribution in [0.1, 0.15) is 17.5 Å². The van der Waals surface area contributed by atoms with Crippen molar-refractivity contribution in [2.45, 2.75) is 25.4 Å². The molecule has 3 aromatic carbocycles. The van der Waals surface area contributed by atoms with Crippen LogP contribution in [0.3, 0.4) is 0 Å². The first-order valence-electron chi connectivity index (χ1n) is 11.8. The number of anilines is 1. The van der Waals surface area contributed by atoms with Gasteiger partial charge in [-0.3, -0.25) is 14.5 Å². The molecule has 1 atom stereocenters. The summed E-state index contributed by atoms with van der Waals surface area (Å²) in [6.07, 6.45) is 0.483. The number of halogens is 1. The molecule has 0 aromatic heterocycles. The minimum Gasteiger partial charge on any atom is -0.493 e. The third-order valence-electron chi connectivity index (χ3n) is 6.18. The van der Waals surface area contributed by atoms with Crippen LogP contribution < -0.4 is 14.8 Å². The van der Waals surface area contributed by atoms with Crippen molar-refractivity contribution >= 4 is 34.8 Å². The standard InChI is InChI=1S/C28H28FN3O4S/c1-35-24-13-8-19(16-25(24)36-2)14-15-31-23(17-26(33)30-22-11-9-21(29)10-12-22)27(34)32(28(31)37)18-20-6-4-3-5-7-20/h3-13,16,23H,14-15,17-18H2,1-2H3,(H,30,33). The van der Waals surface area contributed by atoms with E-state index in [2.05, 4.69) is 5.32 Å². The average Bonchev–Trinajstić information content (AvgIpc) is 3.12. The first kappa shape index (κ1) is 26.1. The van der Waals surface area contributed by atoms with Crippen LogP contribution in [0.15, 0.2) is 72.8 Å². The molecular weight excluding hydrogens is 493 g/mol. The number of carbonyl (C=O) groups is 2. The van der Waals surface area contributed by atoms with Gasteiger partial charge in [-0.1, -0.05) is 36.4 Å². The highest BCUT2D eigenvalue weighted by Gasteiger charge is 2.43. The van der Waals surface area contributed by atoms with Crippen LogP contribution in [0, 0.1) is 5.82 Å². The molecule has 192 valence electrons. The molecule has 4 rings (SSSR count). The largest absolute Gasteiger partial charge is 0.493 e. The molecule has 1 N–H and O–H groups in total. The highest BCUT2D eigenvalue weighted by Crippen LogP contribution is 2.29. The minimum absolute atomic E-state index is 0.0897. The maximum atomic E-state index is 13.5. The van der Waals surface area contributed by atoms with E-state index in [9.17, 15) is 14.0 Å². The predicted octanol–water partition coefficient (Wildman–Crippen LogP) is 4.41. The number of ether oxygens (including phenoxy) is 2. The van der Waals surface area contributed by atoms with Gasteiger partial charge in [-0.2, -0.15) is 0 Å². The second kappa shape index (κ2) is 11.8. The topological polar surface area (TPSA) is 71.1 Å². The molecule has 1 aliphatic heterocycles. The number of hydrogen-bond acceptors (Lipinski definition) is 5. The molecule has 37 heavy (non-hydrogen) atoms. The Morgan fingerprint density at radius 3 is 2.35 bits per heavy atom. The van der Waals surface area contributed by atoms with Gasteiger partial charge >= 0.3 is 0 Å². The maximum Gasteiger partial charge on any atom is 0.252 e. The summed E-state index contributed by atoms with van der Waals surface area (Å²) in [5, 5.41) is 3.12. The van der Waals surface area contributed by atoms with E-state index in [1.807, 2.05) is 53.4 Å².